The summed E-state index contributed by atoms with van der Waals surface area (Å²) in [5.41, 5.74) is 2.34. The maximum absolute atomic E-state index is 14.1. The van der Waals surface area contributed by atoms with Crippen molar-refractivity contribution < 1.29 is 18.7 Å². The molecule has 30 heavy (non-hydrogen) atoms. The Morgan fingerprint density at radius 1 is 1.20 bits per heavy atom. The molecule has 1 aromatic heterocycles. The lowest BCUT2D eigenvalue weighted by Gasteiger charge is -2.27. The normalized spacial score (nSPS) is 10.9. The van der Waals surface area contributed by atoms with Crippen LogP contribution < -0.4 is 14.4 Å². The summed E-state index contributed by atoms with van der Waals surface area (Å²) in [4.78, 5) is 19.0. The fraction of sp³-hybridized carbons (Fsp3) is 0.304. The van der Waals surface area contributed by atoms with Crippen LogP contribution in [-0.4, -0.2) is 24.0 Å². The zero-order valence-corrected chi connectivity index (χ0v) is 18.3. The molecule has 0 fully saturated rings. The van der Waals surface area contributed by atoms with Crippen molar-refractivity contribution in [2.24, 2.45) is 0 Å². The van der Waals surface area contributed by atoms with Crippen molar-refractivity contribution in [3.8, 4) is 11.5 Å². The zero-order valence-electron chi connectivity index (χ0n) is 17.5. The Morgan fingerprint density at radius 3 is 2.57 bits per heavy atom. The van der Waals surface area contributed by atoms with Gasteiger partial charge < -0.3 is 14.4 Å². The lowest BCUT2D eigenvalue weighted by Crippen LogP contribution is -2.38. The fourth-order valence-corrected chi connectivity index (χ4v) is 3.76. The van der Waals surface area contributed by atoms with Crippen LogP contribution in [0.1, 0.15) is 30.1 Å². The van der Waals surface area contributed by atoms with E-state index in [0.29, 0.717) is 18.0 Å². The summed E-state index contributed by atoms with van der Waals surface area (Å²) < 4.78 is 24.8. The van der Waals surface area contributed by atoms with E-state index in [1.54, 1.807) is 11.0 Å². The molecule has 0 spiro atoms. The van der Waals surface area contributed by atoms with Crippen molar-refractivity contribution >= 4 is 22.9 Å². The fourth-order valence-electron chi connectivity index (χ4n) is 3.05. The minimum absolute atomic E-state index is 0.131. The summed E-state index contributed by atoms with van der Waals surface area (Å²) in [6.07, 6.45) is 0.132. The second-order valence-corrected chi connectivity index (χ2v) is 8.13. The number of ether oxygens (including phenoxy) is 2. The first-order chi connectivity index (χ1) is 14.4. The zero-order chi connectivity index (χ0) is 21.7. The van der Waals surface area contributed by atoms with Gasteiger partial charge in [0.1, 0.15) is 17.4 Å². The summed E-state index contributed by atoms with van der Waals surface area (Å²) >= 11 is 1.45. The van der Waals surface area contributed by atoms with E-state index < -0.39 is 5.82 Å². The number of hydrogen-bond donors (Lipinski definition) is 0. The standard InChI is InChI=1S/C23H25FN2O3S/c1-15(2)26(18-7-10-21(28-4)20(24)12-18)23(27)11-17-14-30-22(25-17)13-29-19-8-5-16(3)6-9-19/h5-10,12,14-15H,11,13H2,1-4H3. The van der Waals surface area contributed by atoms with E-state index in [9.17, 15) is 9.18 Å². The minimum Gasteiger partial charge on any atom is -0.494 e. The molecule has 0 aliphatic heterocycles. The first-order valence-electron chi connectivity index (χ1n) is 9.65. The molecule has 7 heteroatoms. The van der Waals surface area contributed by atoms with Gasteiger partial charge in [0.25, 0.3) is 0 Å². The monoisotopic (exact) mass is 428 g/mol. The van der Waals surface area contributed by atoms with Crippen LogP contribution in [0.3, 0.4) is 0 Å². The molecular weight excluding hydrogens is 403 g/mol. The third kappa shape index (κ3) is 5.36. The van der Waals surface area contributed by atoms with Gasteiger partial charge in [-0.25, -0.2) is 9.37 Å². The molecule has 3 rings (SSSR count). The molecule has 1 heterocycles. The number of thiazole rings is 1. The topological polar surface area (TPSA) is 51.7 Å². The van der Waals surface area contributed by atoms with Gasteiger partial charge >= 0.3 is 0 Å². The summed E-state index contributed by atoms with van der Waals surface area (Å²) in [6.45, 7) is 6.15. The number of aromatic nitrogens is 1. The molecule has 0 bridgehead atoms. The number of carbonyl (C=O) groups excluding carboxylic acids is 1. The minimum atomic E-state index is -0.502. The molecule has 0 aliphatic carbocycles. The van der Waals surface area contributed by atoms with Crippen molar-refractivity contribution in [2.75, 3.05) is 12.0 Å². The average molecular weight is 429 g/mol. The van der Waals surface area contributed by atoms with E-state index in [4.69, 9.17) is 9.47 Å². The van der Waals surface area contributed by atoms with Gasteiger partial charge in [-0.2, -0.15) is 0 Å². The van der Waals surface area contributed by atoms with Crippen LogP contribution in [0.15, 0.2) is 47.8 Å². The summed E-state index contributed by atoms with van der Waals surface area (Å²) in [5, 5.41) is 2.66. The highest BCUT2D eigenvalue weighted by Crippen LogP contribution is 2.26. The Balaban J connectivity index is 1.66. The number of amides is 1. The van der Waals surface area contributed by atoms with Crippen LogP contribution in [0.25, 0.3) is 0 Å². The van der Waals surface area contributed by atoms with Gasteiger partial charge in [0, 0.05) is 23.2 Å². The number of aryl methyl sites for hydroxylation is 1. The van der Waals surface area contributed by atoms with Gasteiger partial charge in [-0.05, 0) is 45.0 Å². The number of rotatable bonds is 8. The predicted molar refractivity (Wildman–Crippen MR) is 117 cm³/mol. The van der Waals surface area contributed by atoms with Crippen LogP contribution in [0.4, 0.5) is 10.1 Å². The van der Waals surface area contributed by atoms with Crippen LogP contribution >= 0.6 is 11.3 Å². The highest BCUT2D eigenvalue weighted by Gasteiger charge is 2.21. The molecule has 3 aromatic rings. The first kappa shape index (κ1) is 21.8. The number of benzene rings is 2. The number of carbonyl (C=O) groups is 1. The van der Waals surface area contributed by atoms with Crippen molar-refractivity contribution in [3.63, 3.8) is 0 Å². The number of methoxy groups -OCH3 is 1. The van der Waals surface area contributed by atoms with Gasteiger partial charge in [-0.3, -0.25) is 4.79 Å². The van der Waals surface area contributed by atoms with Crippen molar-refractivity contribution in [1.82, 2.24) is 4.98 Å². The number of nitrogens with zero attached hydrogens (tertiary/aromatic N) is 2. The molecule has 0 radical (unpaired) electrons. The highest BCUT2D eigenvalue weighted by atomic mass is 32.1. The highest BCUT2D eigenvalue weighted by molar-refractivity contribution is 7.09. The van der Waals surface area contributed by atoms with E-state index >= 15 is 0 Å². The molecule has 0 aliphatic rings. The molecule has 1 amide bonds. The Labute approximate surface area is 180 Å². The van der Waals surface area contributed by atoms with Gasteiger partial charge in [0.2, 0.25) is 5.91 Å². The maximum atomic E-state index is 14.1. The second-order valence-electron chi connectivity index (χ2n) is 7.19. The van der Waals surface area contributed by atoms with Gasteiger partial charge in [0.05, 0.1) is 19.2 Å². The van der Waals surface area contributed by atoms with Crippen LogP contribution in [0.5, 0.6) is 11.5 Å². The van der Waals surface area contributed by atoms with Gasteiger partial charge in [-0.1, -0.05) is 17.7 Å². The Bertz CT molecular complexity index is 1000. The summed E-state index contributed by atoms with van der Waals surface area (Å²) in [6, 6.07) is 12.2. The SMILES string of the molecule is COc1ccc(N(C(=O)Cc2csc(COc3ccc(C)cc3)n2)C(C)C)cc1F. The van der Waals surface area contributed by atoms with Crippen molar-refractivity contribution in [1.29, 1.82) is 0 Å². The molecule has 2 aromatic carbocycles. The molecule has 0 saturated heterocycles. The van der Waals surface area contributed by atoms with E-state index in [1.165, 1.54) is 36.1 Å². The second kappa shape index (κ2) is 9.71. The van der Waals surface area contributed by atoms with Crippen LogP contribution in [0, 0.1) is 12.7 Å². The lowest BCUT2D eigenvalue weighted by atomic mass is 10.2. The first-order valence-corrected chi connectivity index (χ1v) is 10.5. The quantitative estimate of drug-likeness (QED) is 0.497. The van der Waals surface area contributed by atoms with Gasteiger partial charge in [0.15, 0.2) is 11.6 Å². The Kier molecular flexibility index (Phi) is 7.05. The maximum Gasteiger partial charge on any atom is 0.233 e. The Morgan fingerprint density at radius 2 is 1.93 bits per heavy atom. The summed E-state index contributed by atoms with van der Waals surface area (Å²) in [7, 11) is 1.41. The van der Waals surface area contributed by atoms with E-state index in [1.807, 2.05) is 50.4 Å². The molecule has 158 valence electrons. The third-order valence-corrected chi connectivity index (χ3v) is 5.38. The molecular formula is C23H25FN2O3S. The average Bonchev–Trinajstić information content (AvgIpc) is 3.15. The van der Waals surface area contributed by atoms with E-state index in [2.05, 4.69) is 4.98 Å². The van der Waals surface area contributed by atoms with Crippen molar-refractivity contribution in [2.45, 2.75) is 39.8 Å². The van der Waals surface area contributed by atoms with Crippen LogP contribution in [0.2, 0.25) is 0 Å². The summed E-state index contributed by atoms with van der Waals surface area (Å²) in [5.74, 6) is 0.275. The van der Waals surface area contributed by atoms with Crippen LogP contribution in [-0.2, 0) is 17.8 Å². The molecule has 0 atom stereocenters. The molecule has 5 nitrogen and oxygen atoms in total. The number of hydrogen-bond acceptors (Lipinski definition) is 5. The van der Waals surface area contributed by atoms with Crippen molar-refractivity contribution in [3.05, 3.63) is 69.9 Å². The van der Waals surface area contributed by atoms with E-state index in [-0.39, 0.29) is 24.1 Å². The molecule has 0 saturated carbocycles. The van der Waals surface area contributed by atoms with Gasteiger partial charge in [-0.15, -0.1) is 11.3 Å². The molecule has 0 N–H and O–H groups in total. The Hall–Kier alpha value is -2.93. The molecule has 0 unspecified atom stereocenters. The van der Waals surface area contributed by atoms with E-state index in [0.717, 1.165) is 10.8 Å². The lowest BCUT2D eigenvalue weighted by molar-refractivity contribution is -0.118. The largest absolute Gasteiger partial charge is 0.494 e. The third-order valence-electron chi connectivity index (χ3n) is 4.51. The smallest absolute Gasteiger partial charge is 0.233 e. The number of halogens is 1. The number of anilines is 1. The predicted octanol–water partition coefficient (Wildman–Crippen LogP) is 5.16.